The number of benzene rings is 2. The molecule has 0 saturated carbocycles. The van der Waals surface area contributed by atoms with E-state index in [1.165, 1.54) is 0 Å². The van der Waals surface area contributed by atoms with Crippen molar-refractivity contribution in [2.75, 3.05) is 17.8 Å². The van der Waals surface area contributed by atoms with E-state index in [1.807, 2.05) is 36.4 Å². The lowest BCUT2D eigenvalue weighted by Crippen LogP contribution is -2.21. The van der Waals surface area contributed by atoms with Gasteiger partial charge in [-0.1, -0.05) is 65.8 Å². The van der Waals surface area contributed by atoms with Crippen LogP contribution in [0.15, 0.2) is 65.6 Å². The molecule has 0 aliphatic heterocycles. The fourth-order valence-corrected chi connectivity index (χ4v) is 7.00. The smallest absolute Gasteiger partial charge is 0.276 e. The number of hydrogen-bond acceptors (Lipinski definition) is 4. The lowest BCUT2D eigenvalue weighted by atomic mass is 10.2. The normalized spacial score (nSPS) is 15.4. The summed E-state index contributed by atoms with van der Waals surface area (Å²) in [5.41, 5.74) is 0.559. The molecule has 4 nitrogen and oxygen atoms in total. The van der Waals surface area contributed by atoms with Gasteiger partial charge in [-0.25, -0.2) is 3.63 Å². The maximum Gasteiger partial charge on any atom is 0.276 e. The lowest BCUT2D eigenvalue weighted by Gasteiger charge is -2.34. The molecule has 2 aromatic rings. The van der Waals surface area contributed by atoms with Crippen LogP contribution in [-0.2, 0) is 13.7 Å². The minimum absolute atomic E-state index is 0.0317. The van der Waals surface area contributed by atoms with Gasteiger partial charge in [0.15, 0.2) is 5.78 Å². The van der Waals surface area contributed by atoms with Crippen molar-refractivity contribution in [1.29, 1.82) is 0 Å². The number of Topliss-reactive ketones (excluding diaryl/α,β-unsaturated/α-hetero) is 1. The van der Waals surface area contributed by atoms with Gasteiger partial charge in [-0.05, 0) is 24.8 Å². The van der Waals surface area contributed by atoms with Gasteiger partial charge in [0.2, 0.25) is 0 Å². The maximum atomic E-state index is 12.6. The van der Waals surface area contributed by atoms with E-state index in [9.17, 15) is 13.2 Å². The summed E-state index contributed by atoms with van der Waals surface area (Å²) in [6.07, 6.45) is 2.20. The third-order valence-electron chi connectivity index (χ3n) is 3.45. The van der Waals surface area contributed by atoms with Crippen molar-refractivity contribution in [3.8, 4) is 0 Å². The van der Waals surface area contributed by atoms with Crippen molar-refractivity contribution in [3.63, 3.8) is 0 Å². The molecule has 0 amide bonds. The Bertz CT molecular complexity index is 773. The number of carbonyl (C=O) groups excluding carboxylic acids is 1. The number of hydrogen-bond donors (Lipinski definition) is 0. The summed E-state index contributed by atoms with van der Waals surface area (Å²) >= 11 is 0. The van der Waals surface area contributed by atoms with Crippen LogP contribution < -0.4 is 0 Å². The topological polar surface area (TPSA) is 60.4 Å². The van der Waals surface area contributed by atoms with E-state index in [1.54, 1.807) is 37.4 Å². The molecule has 130 valence electrons. The van der Waals surface area contributed by atoms with Crippen LogP contribution in [-0.4, -0.2) is 32.0 Å². The summed E-state index contributed by atoms with van der Waals surface area (Å²) in [4.78, 5) is 13.4. The average Bonchev–Trinajstić information content (AvgIpc) is 2.55. The molecule has 0 N–H and O–H groups in total. The van der Waals surface area contributed by atoms with E-state index in [0.717, 1.165) is 4.90 Å². The molecule has 2 rings (SSSR count). The molecule has 0 aromatic heterocycles. The van der Waals surface area contributed by atoms with Crippen LogP contribution >= 0.6 is 10.3 Å². The van der Waals surface area contributed by atoms with Crippen LogP contribution in [0.1, 0.15) is 23.7 Å². The van der Waals surface area contributed by atoms with Gasteiger partial charge in [-0.3, -0.25) is 4.79 Å². The monoisotopic (exact) mass is 366 g/mol. The summed E-state index contributed by atoms with van der Waals surface area (Å²) in [6, 6.07) is 18.0. The fraction of sp³-hybridized carbons (Fsp3) is 0.278. The second-order valence-corrected chi connectivity index (χ2v) is 10.4. The third-order valence-corrected chi connectivity index (χ3v) is 8.47. The van der Waals surface area contributed by atoms with Crippen molar-refractivity contribution >= 4 is 26.2 Å². The van der Waals surface area contributed by atoms with Crippen LogP contribution in [0.25, 0.3) is 0 Å². The predicted molar refractivity (Wildman–Crippen MR) is 99.0 cm³/mol. The molecule has 2 aromatic carbocycles. The van der Waals surface area contributed by atoms with Gasteiger partial charge in [-0.2, -0.15) is 8.42 Å². The van der Waals surface area contributed by atoms with Gasteiger partial charge < -0.3 is 0 Å². The van der Waals surface area contributed by atoms with Gasteiger partial charge in [0.25, 0.3) is 10.1 Å². The van der Waals surface area contributed by atoms with Crippen LogP contribution in [0.5, 0.6) is 0 Å². The molecule has 0 bridgehead atoms. The summed E-state index contributed by atoms with van der Waals surface area (Å²) < 4.78 is 30.0. The number of carbonyl (C=O) groups is 1. The third kappa shape index (κ3) is 4.93. The van der Waals surface area contributed by atoms with Gasteiger partial charge in [0, 0.05) is 10.5 Å². The largest absolute Gasteiger partial charge is 0.293 e. The Kier molecular flexibility index (Phi) is 6.21. The van der Waals surface area contributed by atoms with E-state index in [-0.39, 0.29) is 17.3 Å². The predicted octanol–water partition coefficient (Wildman–Crippen LogP) is 4.03. The van der Waals surface area contributed by atoms with E-state index in [2.05, 4.69) is 0 Å². The maximum absolute atomic E-state index is 12.6. The standard InChI is InChI=1S/C18H22O4S2/c1-3-14-24(20,21)22-23(2,17-12-8-5-9-13-17)15-18(19)16-10-6-4-7-11-16/h4-13H,3,14-15H2,1-2H3. The average molecular weight is 367 g/mol. The molecule has 0 aliphatic rings. The zero-order valence-electron chi connectivity index (χ0n) is 13.8. The van der Waals surface area contributed by atoms with Crippen LogP contribution in [0.2, 0.25) is 0 Å². The van der Waals surface area contributed by atoms with E-state index in [0.29, 0.717) is 12.0 Å². The van der Waals surface area contributed by atoms with Crippen molar-refractivity contribution in [3.05, 3.63) is 66.2 Å². The SMILES string of the molecule is CCCS(=O)(=O)OS(C)(CC(=O)c1ccccc1)c1ccccc1. The summed E-state index contributed by atoms with van der Waals surface area (Å²) in [5, 5.41) is 0. The zero-order chi connectivity index (χ0) is 17.6. The minimum Gasteiger partial charge on any atom is -0.293 e. The molecule has 0 radical (unpaired) electrons. The number of rotatable bonds is 8. The molecule has 0 aliphatic carbocycles. The Morgan fingerprint density at radius 1 is 0.958 bits per heavy atom. The molecule has 0 heterocycles. The van der Waals surface area contributed by atoms with Crippen LogP contribution in [0.4, 0.5) is 0 Å². The molecular formula is C18H22O4S2. The Labute approximate surface area is 145 Å². The second-order valence-electron chi connectivity index (χ2n) is 5.58. The van der Waals surface area contributed by atoms with E-state index >= 15 is 0 Å². The lowest BCUT2D eigenvalue weighted by molar-refractivity contribution is 0.102. The fourth-order valence-electron chi connectivity index (χ4n) is 2.33. The van der Waals surface area contributed by atoms with E-state index in [4.69, 9.17) is 3.63 Å². The Hall–Kier alpha value is -1.63. The summed E-state index contributed by atoms with van der Waals surface area (Å²) in [6.45, 7) is 1.78. The first-order valence-electron chi connectivity index (χ1n) is 7.69. The summed E-state index contributed by atoms with van der Waals surface area (Å²) in [7, 11) is -5.96. The van der Waals surface area contributed by atoms with Crippen molar-refractivity contribution in [2.45, 2.75) is 18.2 Å². The molecule has 0 fully saturated rings. The number of ketones is 1. The molecule has 0 spiro atoms. The van der Waals surface area contributed by atoms with Gasteiger partial charge in [-0.15, -0.1) is 0 Å². The van der Waals surface area contributed by atoms with Crippen LogP contribution in [0.3, 0.4) is 0 Å². The highest BCUT2D eigenvalue weighted by molar-refractivity contribution is 8.33. The Morgan fingerprint density at radius 3 is 2.04 bits per heavy atom. The Balaban J connectivity index is 2.35. The molecule has 24 heavy (non-hydrogen) atoms. The van der Waals surface area contributed by atoms with Crippen molar-refractivity contribution in [1.82, 2.24) is 0 Å². The Morgan fingerprint density at radius 2 is 1.50 bits per heavy atom. The highest BCUT2D eigenvalue weighted by Crippen LogP contribution is 2.55. The molecule has 1 unspecified atom stereocenters. The first-order chi connectivity index (χ1) is 11.4. The highest BCUT2D eigenvalue weighted by Gasteiger charge is 2.31. The van der Waals surface area contributed by atoms with Crippen molar-refractivity contribution < 1.29 is 16.8 Å². The molecule has 0 saturated heterocycles. The molecular weight excluding hydrogens is 344 g/mol. The van der Waals surface area contributed by atoms with E-state index < -0.39 is 20.4 Å². The summed E-state index contributed by atoms with van der Waals surface area (Å²) in [5.74, 6) is -0.144. The van der Waals surface area contributed by atoms with Gasteiger partial charge in [0.05, 0.1) is 11.5 Å². The van der Waals surface area contributed by atoms with Crippen molar-refractivity contribution in [2.24, 2.45) is 0 Å². The highest BCUT2D eigenvalue weighted by atomic mass is 32.3. The zero-order valence-corrected chi connectivity index (χ0v) is 15.5. The van der Waals surface area contributed by atoms with Gasteiger partial charge in [0.1, 0.15) is 0 Å². The van der Waals surface area contributed by atoms with Gasteiger partial charge >= 0.3 is 0 Å². The van der Waals surface area contributed by atoms with Crippen LogP contribution in [0, 0.1) is 0 Å². The minimum atomic E-state index is -3.68. The molecule has 6 heteroatoms. The molecule has 1 atom stereocenters. The quantitative estimate of drug-likeness (QED) is 0.662. The first-order valence-corrected chi connectivity index (χ1v) is 11.4. The second kappa shape index (κ2) is 7.96. The first kappa shape index (κ1) is 18.7.